The molecular weight excluding hydrogens is 398 g/mol. The summed E-state index contributed by atoms with van der Waals surface area (Å²) in [6.07, 6.45) is 4.11. The fraction of sp³-hybridized carbons (Fsp3) is 0.500. The molecule has 0 radical (unpaired) electrons. The van der Waals surface area contributed by atoms with Gasteiger partial charge in [-0.05, 0) is 56.7 Å². The molecule has 0 saturated carbocycles. The zero-order valence-electron chi connectivity index (χ0n) is 17.9. The number of nitrogens with zero attached hydrogens (tertiary/aromatic N) is 1. The van der Waals surface area contributed by atoms with E-state index in [1.54, 1.807) is 7.11 Å². The molecule has 1 aromatic heterocycles. The second-order valence-corrected chi connectivity index (χ2v) is 9.04. The van der Waals surface area contributed by atoms with E-state index in [9.17, 15) is 9.59 Å². The van der Waals surface area contributed by atoms with Crippen LogP contribution in [0, 0.1) is 5.41 Å². The van der Waals surface area contributed by atoms with E-state index in [1.165, 1.54) is 16.9 Å². The van der Waals surface area contributed by atoms with Crippen molar-refractivity contribution in [1.82, 2.24) is 4.90 Å². The number of hydrogen-bond acceptors (Lipinski definition) is 5. The summed E-state index contributed by atoms with van der Waals surface area (Å²) < 4.78 is 10.6. The molecule has 1 fully saturated rings. The fourth-order valence-corrected chi connectivity index (χ4v) is 5.15. The Morgan fingerprint density at radius 2 is 1.97 bits per heavy atom. The Hall–Kier alpha value is -2.18. The van der Waals surface area contributed by atoms with Gasteiger partial charge >= 0.3 is 5.97 Å². The van der Waals surface area contributed by atoms with Gasteiger partial charge in [0.2, 0.25) is 0 Å². The summed E-state index contributed by atoms with van der Waals surface area (Å²) in [7, 11) is 1.65. The summed E-state index contributed by atoms with van der Waals surface area (Å²) >= 11 is 1.46. The van der Waals surface area contributed by atoms with Crippen LogP contribution in [0.2, 0.25) is 0 Å². The number of amides is 1. The first-order chi connectivity index (χ1) is 14.6. The van der Waals surface area contributed by atoms with Gasteiger partial charge in [-0.3, -0.25) is 9.59 Å². The third kappa shape index (κ3) is 5.49. The summed E-state index contributed by atoms with van der Waals surface area (Å²) in [4.78, 5) is 29.7. The van der Waals surface area contributed by atoms with Gasteiger partial charge in [0.05, 0.1) is 23.5 Å². The molecule has 1 unspecified atom stereocenters. The lowest BCUT2D eigenvalue weighted by Crippen LogP contribution is -2.50. The molecule has 3 rings (SSSR count). The zero-order valence-corrected chi connectivity index (χ0v) is 18.7. The number of likely N-dealkylation sites (tertiary alicyclic amines) is 1. The molecule has 1 saturated heterocycles. The van der Waals surface area contributed by atoms with E-state index < -0.39 is 5.41 Å². The first kappa shape index (κ1) is 22.5. The van der Waals surface area contributed by atoms with Gasteiger partial charge in [-0.15, -0.1) is 11.3 Å². The van der Waals surface area contributed by atoms with Crippen LogP contribution in [-0.2, 0) is 27.3 Å². The van der Waals surface area contributed by atoms with Crippen LogP contribution < -0.4 is 0 Å². The standard InChI is InChI=1S/C24H31NO4S/c1-3-29-23(27)24(14-7-11-19-9-5-4-6-10-19)15-8-16-25(18-24)22(26)21-13-12-20(30-21)17-28-2/h4-6,9-10,12-13H,3,7-8,11,14-18H2,1-2H3. The van der Waals surface area contributed by atoms with Gasteiger partial charge in [0, 0.05) is 25.1 Å². The van der Waals surface area contributed by atoms with Crippen LogP contribution in [-0.4, -0.2) is 43.6 Å². The van der Waals surface area contributed by atoms with E-state index in [-0.39, 0.29) is 11.9 Å². The molecule has 2 heterocycles. The Balaban J connectivity index is 1.71. The van der Waals surface area contributed by atoms with E-state index in [1.807, 2.05) is 42.2 Å². The lowest BCUT2D eigenvalue weighted by molar-refractivity contribution is -0.159. The molecule has 30 heavy (non-hydrogen) atoms. The monoisotopic (exact) mass is 429 g/mol. The van der Waals surface area contributed by atoms with E-state index in [0.29, 0.717) is 31.2 Å². The van der Waals surface area contributed by atoms with E-state index in [4.69, 9.17) is 9.47 Å². The van der Waals surface area contributed by atoms with Crippen molar-refractivity contribution in [2.75, 3.05) is 26.8 Å². The minimum absolute atomic E-state index is 0.00112. The van der Waals surface area contributed by atoms with Crippen LogP contribution in [0.5, 0.6) is 0 Å². The SMILES string of the molecule is CCOC(=O)C1(CCCc2ccccc2)CCCN(C(=O)c2ccc(COC)s2)C1. The Kier molecular flexibility index (Phi) is 8.05. The highest BCUT2D eigenvalue weighted by Gasteiger charge is 2.44. The average Bonchev–Trinajstić information content (AvgIpc) is 3.23. The van der Waals surface area contributed by atoms with Crippen molar-refractivity contribution in [3.8, 4) is 0 Å². The topological polar surface area (TPSA) is 55.8 Å². The van der Waals surface area contributed by atoms with Gasteiger partial charge in [0.25, 0.3) is 5.91 Å². The lowest BCUT2D eigenvalue weighted by atomic mass is 9.75. The number of rotatable bonds is 9. The lowest BCUT2D eigenvalue weighted by Gasteiger charge is -2.41. The highest BCUT2D eigenvalue weighted by molar-refractivity contribution is 7.14. The van der Waals surface area contributed by atoms with Crippen LogP contribution in [0.25, 0.3) is 0 Å². The van der Waals surface area contributed by atoms with Gasteiger partial charge in [-0.1, -0.05) is 30.3 Å². The Labute approximate surface area is 183 Å². The van der Waals surface area contributed by atoms with Gasteiger partial charge in [0.15, 0.2) is 0 Å². The fourth-order valence-electron chi connectivity index (χ4n) is 4.21. The number of ether oxygens (including phenoxy) is 2. The average molecular weight is 430 g/mol. The van der Waals surface area contributed by atoms with Crippen LogP contribution >= 0.6 is 11.3 Å². The molecule has 1 aromatic carbocycles. The van der Waals surface area contributed by atoms with Crippen LogP contribution in [0.15, 0.2) is 42.5 Å². The van der Waals surface area contributed by atoms with Crippen molar-refractivity contribution < 1.29 is 19.1 Å². The van der Waals surface area contributed by atoms with Crippen molar-refractivity contribution in [2.45, 2.75) is 45.6 Å². The molecule has 0 bridgehead atoms. The number of esters is 1. The first-order valence-corrected chi connectivity index (χ1v) is 11.5. The van der Waals surface area contributed by atoms with Crippen molar-refractivity contribution in [2.24, 2.45) is 5.41 Å². The number of methoxy groups -OCH3 is 1. The van der Waals surface area contributed by atoms with E-state index in [0.717, 1.165) is 37.0 Å². The summed E-state index contributed by atoms with van der Waals surface area (Å²) in [6.45, 7) is 3.81. The number of hydrogen-bond donors (Lipinski definition) is 0. The molecular formula is C24H31NO4S. The van der Waals surface area contributed by atoms with Gasteiger partial charge in [-0.25, -0.2) is 0 Å². The largest absolute Gasteiger partial charge is 0.466 e. The number of carbonyl (C=O) groups is 2. The third-order valence-corrected chi connectivity index (χ3v) is 6.74. The molecule has 1 aliphatic rings. The Morgan fingerprint density at radius 1 is 1.17 bits per heavy atom. The normalized spacial score (nSPS) is 18.9. The molecule has 1 aliphatic heterocycles. The van der Waals surface area contributed by atoms with Crippen molar-refractivity contribution in [1.29, 1.82) is 0 Å². The molecule has 0 aliphatic carbocycles. The Morgan fingerprint density at radius 3 is 2.70 bits per heavy atom. The predicted octanol–water partition coefficient (Wildman–Crippen LogP) is 4.70. The number of benzene rings is 1. The third-order valence-electron chi connectivity index (χ3n) is 5.70. The number of piperidine rings is 1. The molecule has 5 nitrogen and oxygen atoms in total. The molecule has 162 valence electrons. The predicted molar refractivity (Wildman–Crippen MR) is 119 cm³/mol. The minimum atomic E-state index is -0.620. The summed E-state index contributed by atoms with van der Waals surface area (Å²) in [5, 5.41) is 0. The molecule has 6 heteroatoms. The molecule has 1 atom stereocenters. The maximum atomic E-state index is 13.1. The second-order valence-electron chi connectivity index (χ2n) is 7.87. The number of carbonyl (C=O) groups excluding carboxylic acids is 2. The minimum Gasteiger partial charge on any atom is -0.466 e. The van der Waals surface area contributed by atoms with Crippen molar-refractivity contribution in [3.63, 3.8) is 0 Å². The van der Waals surface area contributed by atoms with E-state index in [2.05, 4.69) is 12.1 Å². The molecule has 2 aromatic rings. The first-order valence-electron chi connectivity index (χ1n) is 10.7. The molecule has 0 spiro atoms. The zero-order chi connectivity index (χ0) is 21.4. The van der Waals surface area contributed by atoms with Gasteiger partial charge < -0.3 is 14.4 Å². The van der Waals surface area contributed by atoms with E-state index >= 15 is 0 Å². The van der Waals surface area contributed by atoms with Crippen LogP contribution in [0.1, 0.15) is 52.7 Å². The quantitative estimate of drug-likeness (QED) is 0.542. The highest BCUT2D eigenvalue weighted by atomic mass is 32.1. The maximum Gasteiger partial charge on any atom is 0.313 e. The van der Waals surface area contributed by atoms with Crippen LogP contribution in [0.3, 0.4) is 0 Å². The Bertz CT molecular complexity index is 835. The number of thiophene rings is 1. The van der Waals surface area contributed by atoms with Crippen molar-refractivity contribution >= 4 is 23.2 Å². The molecule has 0 N–H and O–H groups in total. The number of aryl methyl sites for hydroxylation is 1. The van der Waals surface area contributed by atoms with Crippen molar-refractivity contribution in [3.05, 3.63) is 57.8 Å². The van der Waals surface area contributed by atoms with Crippen LogP contribution in [0.4, 0.5) is 0 Å². The summed E-state index contributed by atoms with van der Waals surface area (Å²) in [5.41, 5.74) is 0.648. The smallest absolute Gasteiger partial charge is 0.313 e. The molecule has 1 amide bonds. The van der Waals surface area contributed by atoms with Gasteiger partial charge in [-0.2, -0.15) is 0 Å². The highest BCUT2D eigenvalue weighted by Crippen LogP contribution is 2.37. The van der Waals surface area contributed by atoms with Gasteiger partial charge in [0.1, 0.15) is 0 Å². The summed E-state index contributed by atoms with van der Waals surface area (Å²) in [6, 6.07) is 14.1. The summed E-state index contributed by atoms with van der Waals surface area (Å²) in [5.74, 6) is -0.166. The second kappa shape index (κ2) is 10.7. The maximum absolute atomic E-state index is 13.1.